The van der Waals surface area contributed by atoms with Gasteiger partial charge in [-0.05, 0) is 52.1 Å². The SMILES string of the molecule is CC(C)(C)OC(=O)N[C@@H](CCCCN)C(=O)C(=O)OCc1ccccc1. The van der Waals surface area contributed by atoms with Crippen molar-refractivity contribution >= 4 is 17.8 Å². The molecule has 0 aliphatic heterocycles. The molecule has 0 aliphatic rings. The maximum atomic E-state index is 12.4. The van der Waals surface area contributed by atoms with Crippen molar-refractivity contribution in [2.24, 2.45) is 5.73 Å². The van der Waals surface area contributed by atoms with Gasteiger partial charge in [0.25, 0.3) is 5.78 Å². The minimum absolute atomic E-state index is 0.00658. The fourth-order valence-electron chi connectivity index (χ4n) is 2.15. The van der Waals surface area contributed by atoms with Gasteiger partial charge in [-0.25, -0.2) is 9.59 Å². The molecular weight excluding hydrogens is 336 g/mol. The van der Waals surface area contributed by atoms with E-state index in [1.807, 2.05) is 18.2 Å². The van der Waals surface area contributed by atoms with E-state index < -0.39 is 29.5 Å². The maximum Gasteiger partial charge on any atom is 0.408 e. The van der Waals surface area contributed by atoms with Gasteiger partial charge in [-0.2, -0.15) is 0 Å². The zero-order chi connectivity index (χ0) is 19.6. The standard InChI is InChI=1S/C19H28N2O5/c1-19(2,3)26-18(24)21-15(11-7-8-12-20)16(22)17(23)25-13-14-9-5-4-6-10-14/h4-6,9-10,15H,7-8,11-13,20H2,1-3H3,(H,21,24)/t15-/m0/s1. The molecule has 0 bridgehead atoms. The number of ether oxygens (including phenoxy) is 2. The van der Waals surface area contributed by atoms with E-state index in [2.05, 4.69) is 5.32 Å². The van der Waals surface area contributed by atoms with Crippen molar-refractivity contribution in [1.29, 1.82) is 0 Å². The lowest BCUT2D eigenvalue weighted by Gasteiger charge is -2.22. The Kier molecular flexibility index (Phi) is 8.78. The molecule has 0 saturated carbocycles. The first-order valence-electron chi connectivity index (χ1n) is 8.67. The molecule has 144 valence electrons. The summed E-state index contributed by atoms with van der Waals surface area (Å²) in [7, 11) is 0. The number of amides is 1. The van der Waals surface area contributed by atoms with Crippen LogP contribution >= 0.6 is 0 Å². The molecule has 1 amide bonds. The van der Waals surface area contributed by atoms with E-state index >= 15 is 0 Å². The van der Waals surface area contributed by atoms with Gasteiger partial charge in [0.05, 0.1) is 0 Å². The van der Waals surface area contributed by atoms with Gasteiger partial charge in [0, 0.05) is 0 Å². The number of nitrogens with two attached hydrogens (primary N) is 1. The second-order valence-electron chi connectivity index (χ2n) is 6.91. The molecule has 1 rings (SSSR count). The smallest absolute Gasteiger partial charge is 0.408 e. The van der Waals surface area contributed by atoms with E-state index in [-0.39, 0.29) is 13.0 Å². The maximum absolute atomic E-state index is 12.4. The van der Waals surface area contributed by atoms with Gasteiger partial charge >= 0.3 is 12.1 Å². The first-order valence-corrected chi connectivity index (χ1v) is 8.67. The lowest BCUT2D eigenvalue weighted by Crippen LogP contribution is -2.46. The number of esters is 1. The first-order chi connectivity index (χ1) is 12.2. The summed E-state index contributed by atoms with van der Waals surface area (Å²) in [6, 6.07) is 8.04. The number of rotatable bonds is 9. The van der Waals surface area contributed by atoms with Gasteiger partial charge < -0.3 is 20.5 Å². The predicted octanol–water partition coefficient (Wildman–Crippen LogP) is 2.32. The van der Waals surface area contributed by atoms with Gasteiger partial charge in [-0.3, -0.25) is 4.79 Å². The summed E-state index contributed by atoms with van der Waals surface area (Å²) in [4.78, 5) is 36.4. The molecule has 7 heteroatoms. The van der Waals surface area contributed by atoms with Gasteiger partial charge in [-0.15, -0.1) is 0 Å². The first kappa shape index (κ1) is 21.6. The number of carbonyl (C=O) groups is 3. The Morgan fingerprint density at radius 3 is 2.35 bits per heavy atom. The Balaban J connectivity index is 2.66. The molecule has 0 fully saturated rings. The minimum Gasteiger partial charge on any atom is -0.455 e. The summed E-state index contributed by atoms with van der Waals surface area (Å²) in [6.45, 7) is 5.60. The second-order valence-corrected chi connectivity index (χ2v) is 6.91. The largest absolute Gasteiger partial charge is 0.455 e. The summed E-state index contributed by atoms with van der Waals surface area (Å²) in [5.41, 5.74) is 5.52. The molecule has 0 unspecified atom stereocenters. The third-order valence-electron chi connectivity index (χ3n) is 3.37. The highest BCUT2D eigenvalue weighted by molar-refractivity contribution is 6.36. The van der Waals surface area contributed by atoms with Crippen LogP contribution in [0.25, 0.3) is 0 Å². The van der Waals surface area contributed by atoms with Gasteiger partial charge in [0.15, 0.2) is 0 Å². The fourth-order valence-corrected chi connectivity index (χ4v) is 2.15. The highest BCUT2D eigenvalue weighted by atomic mass is 16.6. The van der Waals surface area contributed by atoms with Gasteiger partial charge in [0.2, 0.25) is 0 Å². The van der Waals surface area contributed by atoms with Crippen LogP contribution in [-0.4, -0.2) is 36.0 Å². The Hall–Kier alpha value is -2.41. The monoisotopic (exact) mass is 364 g/mol. The highest BCUT2D eigenvalue weighted by Crippen LogP contribution is 2.10. The van der Waals surface area contributed by atoms with Crippen LogP contribution in [0.2, 0.25) is 0 Å². The molecule has 0 saturated heterocycles. The average Bonchev–Trinajstić information content (AvgIpc) is 2.57. The third kappa shape index (κ3) is 8.62. The van der Waals surface area contributed by atoms with Crippen molar-refractivity contribution in [3.8, 4) is 0 Å². The van der Waals surface area contributed by atoms with E-state index in [1.165, 1.54) is 0 Å². The lowest BCUT2D eigenvalue weighted by molar-refractivity contribution is -0.155. The molecule has 1 atom stereocenters. The van der Waals surface area contributed by atoms with E-state index in [9.17, 15) is 14.4 Å². The number of hydrogen-bond acceptors (Lipinski definition) is 6. The van der Waals surface area contributed by atoms with Gasteiger partial charge in [-0.1, -0.05) is 30.3 Å². The van der Waals surface area contributed by atoms with E-state index in [0.717, 1.165) is 5.56 Å². The lowest BCUT2D eigenvalue weighted by atomic mass is 10.1. The molecule has 26 heavy (non-hydrogen) atoms. The number of Topliss-reactive ketones (excluding diaryl/α,β-unsaturated/α-hetero) is 1. The Labute approximate surface area is 154 Å². The van der Waals surface area contributed by atoms with E-state index in [1.54, 1.807) is 32.9 Å². The summed E-state index contributed by atoms with van der Waals surface area (Å²) in [5, 5.41) is 2.46. The van der Waals surface area contributed by atoms with E-state index in [0.29, 0.717) is 19.4 Å². The molecule has 0 spiro atoms. The summed E-state index contributed by atoms with van der Waals surface area (Å²) >= 11 is 0. The Morgan fingerprint density at radius 1 is 1.12 bits per heavy atom. The van der Waals surface area contributed by atoms with Crippen molar-refractivity contribution in [3.63, 3.8) is 0 Å². The van der Waals surface area contributed by atoms with Crippen molar-refractivity contribution in [2.75, 3.05) is 6.54 Å². The van der Waals surface area contributed by atoms with Crippen molar-refractivity contribution in [3.05, 3.63) is 35.9 Å². The molecule has 7 nitrogen and oxygen atoms in total. The molecule has 0 aromatic heterocycles. The average molecular weight is 364 g/mol. The quantitative estimate of drug-likeness (QED) is 0.395. The van der Waals surface area contributed by atoms with Crippen molar-refractivity contribution < 1.29 is 23.9 Å². The molecule has 3 N–H and O–H groups in total. The number of hydrogen-bond donors (Lipinski definition) is 2. The van der Waals surface area contributed by atoms with Gasteiger partial charge in [0.1, 0.15) is 18.2 Å². The van der Waals surface area contributed by atoms with E-state index in [4.69, 9.17) is 15.2 Å². The Morgan fingerprint density at radius 2 is 1.77 bits per heavy atom. The van der Waals surface area contributed by atoms with Crippen LogP contribution in [0.5, 0.6) is 0 Å². The number of alkyl carbamates (subject to hydrolysis) is 1. The Bertz CT molecular complexity index is 596. The number of carbonyl (C=O) groups excluding carboxylic acids is 3. The van der Waals surface area contributed by atoms with Crippen molar-refractivity contribution in [1.82, 2.24) is 5.32 Å². The highest BCUT2D eigenvalue weighted by Gasteiger charge is 2.29. The number of nitrogens with one attached hydrogen (secondary N) is 1. The van der Waals surface area contributed by atoms with Crippen LogP contribution < -0.4 is 11.1 Å². The van der Waals surface area contributed by atoms with Crippen LogP contribution in [0, 0.1) is 0 Å². The van der Waals surface area contributed by atoms with Crippen LogP contribution in [0.4, 0.5) is 4.79 Å². The third-order valence-corrected chi connectivity index (χ3v) is 3.37. The zero-order valence-corrected chi connectivity index (χ0v) is 15.6. The number of unbranched alkanes of at least 4 members (excludes halogenated alkanes) is 1. The predicted molar refractivity (Wildman–Crippen MR) is 97.3 cm³/mol. The van der Waals surface area contributed by atoms with Crippen LogP contribution in [0.1, 0.15) is 45.6 Å². The zero-order valence-electron chi connectivity index (χ0n) is 15.6. The van der Waals surface area contributed by atoms with Crippen LogP contribution in [-0.2, 0) is 25.7 Å². The molecule has 1 aromatic rings. The molecule has 0 radical (unpaired) electrons. The number of ketones is 1. The van der Waals surface area contributed by atoms with Crippen LogP contribution in [0.15, 0.2) is 30.3 Å². The molecule has 0 aliphatic carbocycles. The summed E-state index contributed by atoms with van der Waals surface area (Å²) in [6.07, 6.45) is 0.808. The minimum atomic E-state index is -1.00. The number of benzene rings is 1. The summed E-state index contributed by atoms with van der Waals surface area (Å²) < 4.78 is 10.2. The van der Waals surface area contributed by atoms with Crippen molar-refractivity contribution in [2.45, 2.75) is 58.3 Å². The fraction of sp³-hybridized carbons (Fsp3) is 0.526. The normalized spacial score (nSPS) is 12.2. The molecule has 1 aromatic carbocycles. The molecular formula is C19H28N2O5. The molecule has 0 heterocycles. The summed E-state index contributed by atoms with van der Waals surface area (Å²) in [5.74, 6) is -1.79. The second kappa shape index (κ2) is 10.6. The topological polar surface area (TPSA) is 108 Å². The van der Waals surface area contributed by atoms with Crippen LogP contribution in [0.3, 0.4) is 0 Å².